The predicted molar refractivity (Wildman–Crippen MR) is 556 cm³/mol. The molecule has 6 aromatic carbocycles. The molecule has 736 valence electrons. The predicted octanol–water partition coefficient (Wildman–Crippen LogP) is 35.3. The van der Waals surface area contributed by atoms with Crippen LogP contribution in [0.15, 0.2) is 117 Å². The monoisotopic (exact) mass is 1820 g/mol. The number of fused-ring (bicyclic) bond motifs is 10. The molecule has 0 unspecified atom stereocenters. The second-order valence-corrected chi connectivity index (χ2v) is 37.3. The van der Waals surface area contributed by atoms with Crippen LogP contribution < -0.4 is 37.9 Å². The summed E-state index contributed by atoms with van der Waals surface area (Å²) in [6.45, 7) is 11.1. The summed E-state index contributed by atoms with van der Waals surface area (Å²) in [5.74, 6) is 2.33. The maximum atomic E-state index is 12.0. The average molecular weight is 1820 g/mol. The van der Waals surface area contributed by atoms with E-state index < -0.39 is 0 Å². The van der Waals surface area contributed by atoms with Crippen molar-refractivity contribution in [2.45, 2.75) is 439 Å². The van der Waals surface area contributed by atoms with Crippen LogP contribution in [0.5, 0.6) is 69.0 Å². The molecule has 1 aliphatic rings. The van der Waals surface area contributed by atoms with Gasteiger partial charge in [-0.05, 0) is 98.5 Å². The summed E-state index contributed by atoms with van der Waals surface area (Å²) < 4.78 is 52.1. The summed E-state index contributed by atoms with van der Waals surface area (Å²) in [5, 5.41) is 47.9. The summed E-state index contributed by atoms with van der Waals surface area (Å²) in [6, 6.07) is 28.5. The van der Waals surface area contributed by atoms with E-state index in [1.807, 2.05) is 24.3 Å². The van der Waals surface area contributed by atoms with Gasteiger partial charge in [-0.15, -0.1) is 0 Å². The highest BCUT2D eigenvalue weighted by Crippen LogP contribution is 2.48. The Morgan fingerprint density at radius 3 is 0.598 bits per heavy atom. The zero-order valence-electron chi connectivity index (χ0n) is 83.3. The zero-order valence-corrected chi connectivity index (χ0v) is 83.3. The lowest BCUT2D eigenvalue weighted by atomic mass is 10.0. The molecule has 16 nitrogen and oxygen atoms in total. The minimum absolute atomic E-state index is 0.0122. The first kappa shape index (κ1) is 111. The number of para-hydroxylation sites is 4. The highest BCUT2D eigenvalue weighted by Gasteiger charge is 2.22. The van der Waals surface area contributed by atoms with Crippen molar-refractivity contribution in [2.24, 2.45) is 20.0 Å². The Hall–Kier alpha value is -8.40. The van der Waals surface area contributed by atoms with Gasteiger partial charge >= 0.3 is 0 Å². The summed E-state index contributed by atoms with van der Waals surface area (Å²) in [4.78, 5) is 20.3. The molecule has 0 radical (unpaired) electrons. The molecule has 7 rings (SSSR count). The molecule has 132 heavy (non-hydrogen) atoms. The molecule has 0 saturated carbocycles. The molecule has 0 spiro atoms. The van der Waals surface area contributed by atoms with E-state index in [-0.39, 0.29) is 72.4 Å². The quantitative estimate of drug-likeness (QED) is 0.0263. The van der Waals surface area contributed by atoms with Crippen LogP contribution in [0.2, 0.25) is 0 Å². The molecular formula is C116H180N4O12. The van der Waals surface area contributed by atoms with Crippen molar-refractivity contribution in [2.75, 3.05) is 52.9 Å². The van der Waals surface area contributed by atoms with Crippen LogP contribution in [0.25, 0.3) is 0 Å². The molecule has 8 bridgehead atoms. The fourth-order valence-corrected chi connectivity index (χ4v) is 17.6. The molecule has 4 N–H and O–H groups in total. The van der Waals surface area contributed by atoms with Gasteiger partial charge in [0.25, 0.3) is 0 Å². The maximum Gasteiger partial charge on any atom is 0.189 e. The van der Waals surface area contributed by atoms with Gasteiger partial charge in [-0.25, -0.2) is 9.98 Å². The largest absolute Gasteiger partial charge is 0.504 e. The molecule has 1 aliphatic heterocycles. The molecule has 0 amide bonds. The molecular weight excluding hydrogens is 1640 g/mol. The SMILES string of the molecule is CCCCCCCCCCCCCCCCCCOc1ccc2c(c1OCCCCCCCCCCCCCCCCCC)N=Cc1cccc(c1O)OCCOc1cccc(c1O)C=Nc1c(ccc(OCCCCCCCCCCCCCCCCCC)c1OCCCCCCCCCCCCCCCCCC)N=Cc1cccc(c1O)OCCOc1cccc(c1O)C=N2. The van der Waals surface area contributed by atoms with E-state index in [1.54, 1.807) is 97.7 Å². The van der Waals surface area contributed by atoms with E-state index in [0.29, 0.717) is 94.4 Å². The molecule has 0 aliphatic carbocycles. The van der Waals surface area contributed by atoms with Gasteiger partial charge in [0.2, 0.25) is 0 Å². The van der Waals surface area contributed by atoms with Gasteiger partial charge in [0.15, 0.2) is 69.0 Å². The van der Waals surface area contributed by atoms with Crippen LogP contribution in [0.3, 0.4) is 0 Å². The van der Waals surface area contributed by atoms with Crippen LogP contribution in [0.4, 0.5) is 22.7 Å². The minimum Gasteiger partial charge on any atom is -0.504 e. The van der Waals surface area contributed by atoms with Gasteiger partial charge < -0.3 is 58.3 Å². The lowest BCUT2D eigenvalue weighted by Crippen LogP contribution is -2.09. The van der Waals surface area contributed by atoms with Crippen molar-refractivity contribution in [1.29, 1.82) is 0 Å². The number of hydrogen-bond acceptors (Lipinski definition) is 16. The van der Waals surface area contributed by atoms with Gasteiger partial charge in [0, 0.05) is 47.1 Å². The standard InChI is InChI=1S/C116H180N4O12/c1-5-9-13-17-21-25-29-33-37-41-45-49-53-57-61-65-85-125-107-83-81-101-109(115(107)131-87-67-63-59-55-51-47-43-39-35-31-27-23-19-15-11-7-3)119-95-99-75-71-79-105(113(99)123)129-91-92-130-106-80-72-76-100(114(106)124)96-120-110-102(118-94-98-74-70-78-104(112(98)122)128-90-89-127-103-77-69-73-97(93-117-101)111(103)121)82-84-108(126-86-66-62-58-54-50-46-42-38-34-30-26-22-18-14-10-6-2)116(110)132-88-68-64-60-56-52-48-44-40-36-32-28-24-20-16-12-8-4/h69-84,93-96,121-124H,5-68,85-92H2,1-4H3. The Bertz CT molecular complexity index is 3770. The molecule has 0 fully saturated rings. The van der Waals surface area contributed by atoms with Crippen LogP contribution >= 0.6 is 0 Å². The Balaban J connectivity index is 1.10. The van der Waals surface area contributed by atoms with Crippen molar-refractivity contribution >= 4 is 47.6 Å². The summed E-state index contributed by atoms with van der Waals surface area (Å²) >= 11 is 0. The fourth-order valence-electron chi connectivity index (χ4n) is 17.6. The van der Waals surface area contributed by atoms with E-state index in [9.17, 15) is 20.4 Å². The first-order chi connectivity index (χ1) is 65.2. The first-order valence-corrected chi connectivity index (χ1v) is 54.0. The van der Waals surface area contributed by atoms with Crippen molar-refractivity contribution in [3.8, 4) is 69.0 Å². The number of ether oxygens (including phenoxy) is 8. The van der Waals surface area contributed by atoms with Crippen LogP contribution in [-0.4, -0.2) is 98.1 Å². The van der Waals surface area contributed by atoms with Crippen LogP contribution in [0.1, 0.15) is 461 Å². The Labute approximate surface area is 801 Å². The number of hydrogen-bond donors (Lipinski definition) is 4. The Morgan fingerprint density at radius 2 is 0.394 bits per heavy atom. The number of nitrogens with zero attached hydrogens (tertiary/aromatic N) is 4. The number of rotatable bonds is 72. The second-order valence-electron chi connectivity index (χ2n) is 37.3. The minimum atomic E-state index is -0.131. The molecule has 16 heteroatoms. The van der Waals surface area contributed by atoms with Crippen molar-refractivity contribution in [3.05, 3.63) is 119 Å². The van der Waals surface area contributed by atoms with E-state index in [1.165, 1.54) is 334 Å². The average Bonchev–Trinajstić information content (AvgIpc) is 0.807. The van der Waals surface area contributed by atoms with Crippen molar-refractivity contribution in [1.82, 2.24) is 0 Å². The number of aliphatic imine (C=N–C) groups is 4. The van der Waals surface area contributed by atoms with E-state index >= 15 is 0 Å². The van der Waals surface area contributed by atoms with Crippen LogP contribution in [0, 0.1) is 0 Å². The maximum absolute atomic E-state index is 12.0. The van der Waals surface area contributed by atoms with Gasteiger partial charge in [-0.1, -0.05) is 437 Å². The lowest BCUT2D eigenvalue weighted by Gasteiger charge is -2.17. The van der Waals surface area contributed by atoms with E-state index in [4.69, 9.17) is 57.9 Å². The molecule has 1 heterocycles. The molecule has 0 atom stereocenters. The smallest absolute Gasteiger partial charge is 0.189 e. The van der Waals surface area contributed by atoms with Gasteiger partial charge in [-0.3, -0.25) is 9.98 Å². The van der Waals surface area contributed by atoms with Gasteiger partial charge in [0.05, 0.1) is 37.8 Å². The van der Waals surface area contributed by atoms with Crippen molar-refractivity contribution in [3.63, 3.8) is 0 Å². The summed E-state index contributed by atoms with van der Waals surface area (Å²) in [7, 11) is 0. The Morgan fingerprint density at radius 1 is 0.212 bits per heavy atom. The highest BCUT2D eigenvalue weighted by atomic mass is 16.5. The molecule has 6 aromatic rings. The van der Waals surface area contributed by atoms with Gasteiger partial charge in [-0.2, -0.15) is 0 Å². The second kappa shape index (κ2) is 74.9. The Kier molecular flexibility index (Phi) is 62.7. The molecule has 0 aromatic heterocycles. The normalized spacial score (nSPS) is 12.5. The lowest BCUT2D eigenvalue weighted by molar-refractivity contribution is 0.207. The number of phenols is 4. The number of unbranched alkanes of at least 4 members (excludes halogenated alkanes) is 60. The van der Waals surface area contributed by atoms with E-state index in [0.717, 1.165) is 77.0 Å². The van der Waals surface area contributed by atoms with Crippen molar-refractivity contribution < 1.29 is 58.3 Å². The topological polar surface area (TPSA) is 204 Å². The number of aromatic hydroxyl groups is 4. The third-order valence-electron chi connectivity index (χ3n) is 25.8. The van der Waals surface area contributed by atoms with Gasteiger partial charge in [0.1, 0.15) is 37.8 Å². The number of benzene rings is 6. The summed E-state index contributed by atoms with van der Waals surface area (Å²) in [5.41, 5.74) is 3.21. The third kappa shape index (κ3) is 48.2. The first-order valence-electron chi connectivity index (χ1n) is 54.0. The zero-order chi connectivity index (χ0) is 93.1. The molecule has 0 saturated heterocycles. The van der Waals surface area contributed by atoms with E-state index in [2.05, 4.69) is 27.7 Å². The summed E-state index contributed by atoms with van der Waals surface area (Å²) in [6.07, 6.45) is 87.9. The highest BCUT2D eigenvalue weighted by molar-refractivity contribution is 5.94. The fraction of sp³-hybridized carbons (Fsp3) is 0.655. The number of phenolic OH excluding ortho intramolecular Hbond substituents is 4. The third-order valence-corrected chi connectivity index (χ3v) is 25.8. The van der Waals surface area contributed by atoms with Crippen LogP contribution in [-0.2, 0) is 0 Å².